The standard InChI is InChI=1S/C19H30N4O2/c24-13-15-4-3-9-23(15)19-12-18(20-14-21-19)22-10-7-17(8-11-22)25-16-5-1-2-6-16/h12,14-17,24H,1-11,13H2/t15-/m1/s1. The van der Waals surface area contributed by atoms with Crippen LogP contribution in [0.3, 0.4) is 0 Å². The largest absolute Gasteiger partial charge is 0.394 e. The van der Waals surface area contributed by atoms with E-state index in [0.717, 1.165) is 57.0 Å². The minimum atomic E-state index is 0.198. The van der Waals surface area contributed by atoms with Gasteiger partial charge in [0.2, 0.25) is 0 Å². The highest BCUT2D eigenvalue weighted by molar-refractivity contribution is 5.51. The first kappa shape index (κ1) is 17.0. The molecule has 3 aliphatic rings. The first-order chi connectivity index (χ1) is 12.3. The highest BCUT2D eigenvalue weighted by Gasteiger charge is 2.27. The van der Waals surface area contributed by atoms with Gasteiger partial charge in [-0.3, -0.25) is 0 Å². The molecule has 4 rings (SSSR count). The average molecular weight is 346 g/mol. The molecule has 0 aromatic carbocycles. The molecule has 1 aromatic rings. The number of piperidine rings is 1. The summed E-state index contributed by atoms with van der Waals surface area (Å²) in [5.41, 5.74) is 0. The van der Waals surface area contributed by atoms with E-state index in [9.17, 15) is 5.11 Å². The smallest absolute Gasteiger partial charge is 0.134 e. The lowest BCUT2D eigenvalue weighted by Crippen LogP contribution is -2.39. The van der Waals surface area contributed by atoms with Crippen LogP contribution in [0.15, 0.2) is 12.4 Å². The van der Waals surface area contributed by atoms with Crippen LogP contribution in [0.2, 0.25) is 0 Å². The average Bonchev–Trinajstić information content (AvgIpc) is 3.34. The van der Waals surface area contributed by atoms with Crippen LogP contribution in [-0.2, 0) is 4.74 Å². The summed E-state index contributed by atoms with van der Waals surface area (Å²) in [6.45, 7) is 3.16. The third-order valence-corrected chi connectivity index (χ3v) is 5.97. The van der Waals surface area contributed by atoms with Crippen LogP contribution in [0.1, 0.15) is 51.4 Å². The molecule has 25 heavy (non-hydrogen) atoms. The maximum absolute atomic E-state index is 9.55. The molecule has 1 saturated carbocycles. The number of nitrogens with zero attached hydrogens (tertiary/aromatic N) is 4. The Morgan fingerprint density at radius 3 is 2.40 bits per heavy atom. The molecule has 6 nitrogen and oxygen atoms in total. The number of anilines is 2. The topological polar surface area (TPSA) is 61.7 Å². The van der Waals surface area contributed by atoms with E-state index in [1.807, 2.05) is 0 Å². The maximum atomic E-state index is 9.55. The van der Waals surface area contributed by atoms with E-state index < -0.39 is 0 Å². The summed E-state index contributed by atoms with van der Waals surface area (Å²) >= 11 is 0. The van der Waals surface area contributed by atoms with Crippen LogP contribution in [0, 0.1) is 0 Å². The molecule has 1 atom stereocenters. The van der Waals surface area contributed by atoms with Crippen molar-refractivity contribution in [3.63, 3.8) is 0 Å². The Hall–Kier alpha value is -1.40. The SMILES string of the molecule is OC[C@H]1CCCN1c1cc(N2CCC(OC3CCCC3)CC2)ncn1. The fraction of sp³-hybridized carbons (Fsp3) is 0.789. The molecule has 0 spiro atoms. The Balaban J connectivity index is 1.35. The molecular weight excluding hydrogens is 316 g/mol. The van der Waals surface area contributed by atoms with Gasteiger partial charge in [0.05, 0.1) is 24.9 Å². The van der Waals surface area contributed by atoms with Crippen molar-refractivity contribution < 1.29 is 9.84 Å². The van der Waals surface area contributed by atoms with E-state index in [4.69, 9.17) is 4.74 Å². The predicted octanol–water partition coefficient (Wildman–Crippen LogP) is 2.37. The fourth-order valence-corrected chi connectivity index (χ4v) is 4.51. The van der Waals surface area contributed by atoms with Gasteiger partial charge in [0.25, 0.3) is 0 Å². The molecular formula is C19H30N4O2. The normalized spacial score (nSPS) is 25.9. The van der Waals surface area contributed by atoms with Gasteiger partial charge in [-0.05, 0) is 38.5 Å². The first-order valence-electron chi connectivity index (χ1n) is 9.93. The summed E-state index contributed by atoms with van der Waals surface area (Å²) < 4.78 is 6.27. The van der Waals surface area contributed by atoms with E-state index in [1.54, 1.807) is 6.33 Å². The molecule has 0 bridgehead atoms. The van der Waals surface area contributed by atoms with Gasteiger partial charge in [-0.2, -0.15) is 0 Å². The molecule has 6 heteroatoms. The monoisotopic (exact) mass is 346 g/mol. The lowest BCUT2D eigenvalue weighted by Gasteiger charge is -2.34. The third-order valence-electron chi connectivity index (χ3n) is 5.97. The molecule has 138 valence electrons. The summed E-state index contributed by atoms with van der Waals surface area (Å²) in [5.74, 6) is 1.96. The lowest BCUT2D eigenvalue weighted by molar-refractivity contribution is -0.0195. The van der Waals surface area contributed by atoms with Gasteiger partial charge in [-0.25, -0.2) is 9.97 Å². The Kier molecular flexibility index (Phi) is 5.36. The maximum Gasteiger partial charge on any atom is 0.134 e. The van der Waals surface area contributed by atoms with Crippen LogP contribution >= 0.6 is 0 Å². The number of hydrogen-bond donors (Lipinski definition) is 1. The van der Waals surface area contributed by atoms with E-state index in [2.05, 4.69) is 25.8 Å². The zero-order valence-electron chi connectivity index (χ0n) is 15.0. The quantitative estimate of drug-likeness (QED) is 0.883. The molecule has 1 aromatic heterocycles. The molecule has 0 radical (unpaired) electrons. The van der Waals surface area contributed by atoms with E-state index in [-0.39, 0.29) is 12.6 Å². The van der Waals surface area contributed by atoms with Gasteiger partial charge in [-0.1, -0.05) is 12.8 Å². The van der Waals surface area contributed by atoms with Crippen molar-refractivity contribution in [3.05, 3.63) is 12.4 Å². The second kappa shape index (κ2) is 7.87. The second-order valence-corrected chi connectivity index (χ2v) is 7.64. The zero-order chi connectivity index (χ0) is 17.1. The van der Waals surface area contributed by atoms with Crippen molar-refractivity contribution in [2.45, 2.75) is 69.6 Å². The van der Waals surface area contributed by atoms with Crippen LogP contribution < -0.4 is 9.80 Å². The molecule has 1 N–H and O–H groups in total. The van der Waals surface area contributed by atoms with Crippen molar-refractivity contribution in [3.8, 4) is 0 Å². The van der Waals surface area contributed by atoms with Gasteiger partial charge < -0.3 is 19.6 Å². The molecule has 3 heterocycles. The summed E-state index contributed by atoms with van der Waals surface area (Å²) in [7, 11) is 0. The highest BCUT2D eigenvalue weighted by atomic mass is 16.5. The number of hydrogen-bond acceptors (Lipinski definition) is 6. The number of aliphatic hydroxyl groups is 1. The van der Waals surface area contributed by atoms with Crippen LogP contribution in [0.4, 0.5) is 11.6 Å². The van der Waals surface area contributed by atoms with Crippen LogP contribution in [-0.4, -0.2) is 59.6 Å². The summed E-state index contributed by atoms with van der Waals surface area (Å²) in [6, 6.07) is 2.29. The van der Waals surface area contributed by atoms with Crippen LogP contribution in [0.5, 0.6) is 0 Å². The summed E-state index contributed by atoms with van der Waals surface area (Å²) in [4.78, 5) is 13.5. The van der Waals surface area contributed by atoms with Gasteiger partial charge in [-0.15, -0.1) is 0 Å². The number of aromatic nitrogens is 2. The van der Waals surface area contributed by atoms with E-state index in [0.29, 0.717) is 12.2 Å². The minimum Gasteiger partial charge on any atom is -0.394 e. The third kappa shape index (κ3) is 3.90. The number of rotatable bonds is 5. The molecule has 0 amide bonds. The van der Waals surface area contributed by atoms with Crippen molar-refractivity contribution in [2.75, 3.05) is 36.0 Å². The molecule has 2 aliphatic heterocycles. The van der Waals surface area contributed by atoms with Gasteiger partial charge in [0.1, 0.15) is 18.0 Å². The van der Waals surface area contributed by atoms with Gasteiger partial charge in [0, 0.05) is 25.7 Å². The number of aliphatic hydroxyl groups excluding tert-OH is 1. The van der Waals surface area contributed by atoms with Crippen LogP contribution in [0.25, 0.3) is 0 Å². The summed E-state index contributed by atoms with van der Waals surface area (Å²) in [6.07, 6.45) is 12.1. The molecule has 3 fully saturated rings. The lowest BCUT2D eigenvalue weighted by atomic mass is 10.1. The van der Waals surface area contributed by atoms with Crippen molar-refractivity contribution in [2.24, 2.45) is 0 Å². The first-order valence-corrected chi connectivity index (χ1v) is 9.93. The van der Waals surface area contributed by atoms with Crippen molar-refractivity contribution in [1.29, 1.82) is 0 Å². The van der Waals surface area contributed by atoms with E-state index in [1.165, 1.54) is 25.7 Å². The second-order valence-electron chi connectivity index (χ2n) is 7.64. The highest BCUT2D eigenvalue weighted by Crippen LogP contribution is 2.29. The van der Waals surface area contributed by atoms with Crippen molar-refractivity contribution >= 4 is 11.6 Å². The Bertz CT molecular complexity index is 556. The van der Waals surface area contributed by atoms with E-state index >= 15 is 0 Å². The predicted molar refractivity (Wildman–Crippen MR) is 98.1 cm³/mol. The van der Waals surface area contributed by atoms with Crippen molar-refractivity contribution in [1.82, 2.24) is 9.97 Å². The van der Waals surface area contributed by atoms with Gasteiger partial charge in [0.15, 0.2) is 0 Å². The Morgan fingerprint density at radius 1 is 0.920 bits per heavy atom. The fourth-order valence-electron chi connectivity index (χ4n) is 4.51. The van der Waals surface area contributed by atoms with Gasteiger partial charge >= 0.3 is 0 Å². The molecule has 0 unspecified atom stereocenters. The minimum absolute atomic E-state index is 0.198. The molecule has 1 aliphatic carbocycles. The molecule has 2 saturated heterocycles. The Labute approximate surface area is 150 Å². The Morgan fingerprint density at radius 2 is 1.64 bits per heavy atom. The zero-order valence-corrected chi connectivity index (χ0v) is 15.0. The number of ether oxygens (including phenoxy) is 1. The summed E-state index contributed by atoms with van der Waals surface area (Å²) in [5, 5.41) is 9.55.